The van der Waals surface area contributed by atoms with Gasteiger partial charge in [-0.3, -0.25) is 30.6 Å². The zero-order chi connectivity index (χ0) is 19.1. The number of nitro groups is 1. The van der Waals surface area contributed by atoms with Crippen molar-refractivity contribution in [1.82, 2.24) is 10.9 Å². The summed E-state index contributed by atoms with van der Waals surface area (Å²) < 4.78 is 5.70. The summed E-state index contributed by atoms with van der Waals surface area (Å²) in [5, 5.41) is 10.6. The summed E-state index contributed by atoms with van der Waals surface area (Å²) in [6.07, 6.45) is -0.360. The van der Waals surface area contributed by atoms with E-state index in [0.717, 1.165) is 5.56 Å². The molecule has 0 saturated heterocycles. The van der Waals surface area contributed by atoms with Crippen molar-refractivity contribution in [2.75, 3.05) is 0 Å². The van der Waals surface area contributed by atoms with Crippen LogP contribution >= 0.6 is 0 Å². The predicted octanol–water partition coefficient (Wildman–Crippen LogP) is 2.52. The second-order valence-corrected chi connectivity index (χ2v) is 5.53. The fraction of sp³-hybridized carbons (Fsp3) is 0.222. The van der Waals surface area contributed by atoms with Crippen LogP contribution in [0, 0.1) is 17.0 Å². The minimum Gasteiger partial charge on any atom is -0.480 e. The molecule has 0 radical (unpaired) electrons. The van der Waals surface area contributed by atoms with Gasteiger partial charge in [0, 0.05) is 17.7 Å². The third-order valence-corrected chi connectivity index (χ3v) is 3.67. The van der Waals surface area contributed by atoms with Gasteiger partial charge in [0.05, 0.1) is 4.92 Å². The summed E-state index contributed by atoms with van der Waals surface area (Å²) in [6, 6.07) is 12.4. The van der Waals surface area contributed by atoms with E-state index in [2.05, 4.69) is 10.9 Å². The van der Waals surface area contributed by atoms with Gasteiger partial charge in [-0.15, -0.1) is 0 Å². The Morgan fingerprint density at radius 3 is 2.35 bits per heavy atom. The number of rotatable bonds is 6. The molecule has 0 fully saturated rings. The third-order valence-electron chi connectivity index (χ3n) is 3.67. The Morgan fingerprint density at radius 2 is 1.77 bits per heavy atom. The first-order chi connectivity index (χ1) is 12.4. The van der Waals surface area contributed by atoms with E-state index in [4.69, 9.17) is 4.74 Å². The van der Waals surface area contributed by atoms with Crippen molar-refractivity contribution in [3.8, 4) is 5.75 Å². The molecule has 136 valence electrons. The molecule has 0 spiro atoms. The summed E-state index contributed by atoms with van der Waals surface area (Å²) in [4.78, 5) is 34.3. The third kappa shape index (κ3) is 4.79. The molecule has 26 heavy (non-hydrogen) atoms. The lowest BCUT2D eigenvalue weighted by atomic mass is 10.2. The van der Waals surface area contributed by atoms with Gasteiger partial charge in [-0.2, -0.15) is 0 Å². The van der Waals surface area contributed by atoms with Crippen molar-refractivity contribution in [2.24, 2.45) is 0 Å². The Balaban J connectivity index is 1.94. The van der Waals surface area contributed by atoms with Crippen LogP contribution in [0.5, 0.6) is 5.75 Å². The van der Waals surface area contributed by atoms with E-state index in [1.165, 1.54) is 24.3 Å². The van der Waals surface area contributed by atoms with Gasteiger partial charge in [-0.05, 0) is 37.1 Å². The minimum atomic E-state index is -0.770. The average molecular weight is 357 g/mol. The van der Waals surface area contributed by atoms with E-state index in [9.17, 15) is 19.7 Å². The molecular weight excluding hydrogens is 338 g/mol. The standard InChI is InChI=1S/C18H19N3O5/c1-3-15(26-16-7-5-4-6-12(16)2)18(23)20-19-17(22)13-8-10-14(11-9-13)21(24)25/h4-11,15H,3H2,1-2H3,(H,19,22)(H,20,23). The molecule has 1 unspecified atom stereocenters. The second kappa shape index (κ2) is 8.61. The van der Waals surface area contributed by atoms with E-state index in [0.29, 0.717) is 12.2 Å². The maximum atomic E-state index is 12.2. The van der Waals surface area contributed by atoms with Gasteiger partial charge in [0.15, 0.2) is 6.10 Å². The molecule has 2 rings (SSSR count). The molecule has 0 saturated carbocycles. The van der Waals surface area contributed by atoms with E-state index < -0.39 is 22.8 Å². The average Bonchev–Trinajstić information content (AvgIpc) is 2.65. The number of carbonyl (C=O) groups excluding carboxylic acids is 2. The Hall–Kier alpha value is -3.42. The van der Waals surface area contributed by atoms with E-state index >= 15 is 0 Å². The number of nitro benzene ring substituents is 1. The molecule has 2 N–H and O–H groups in total. The number of nitrogens with zero attached hydrogens (tertiary/aromatic N) is 1. The molecule has 2 aromatic rings. The first-order valence-corrected chi connectivity index (χ1v) is 7.99. The van der Waals surface area contributed by atoms with Crippen molar-refractivity contribution in [1.29, 1.82) is 0 Å². The van der Waals surface area contributed by atoms with Crippen LogP contribution < -0.4 is 15.6 Å². The minimum absolute atomic E-state index is 0.122. The monoisotopic (exact) mass is 357 g/mol. The largest absolute Gasteiger partial charge is 0.480 e. The van der Waals surface area contributed by atoms with Crippen LogP contribution in [-0.4, -0.2) is 22.8 Å². The number of hydrogen-bond donors (Lipinski definition) is 2. The number of hydrogen-bond acceptors (Lipinski definition) is 5. The SMILES string of the molecule is CCC(Oc1ccccc1C)C(=O)NNC(=O)c1ccc([N+](=O)[O-])cc1. The molecule has 2 amide bonds. The zero-order valence-corrected chi connectivity index (χ0v) is 14.4. The Bertz CT molecular complexity index is 805. The van der Waals surface area contributed by atoms with Crippen LogP contribution in [0.25, 0.3) is 0 Å². The summed E-state index contributed by atoms with van der Waals surface area (Å²) >= 11 is 0. The molecule has 0 heterocycles. The number of non-ortho nitro benzene ring substituents is 1. The highest BCUT2D eigenvalue weighted by molar-refractivity contribution is 5.96. The molecular formula is C18H19N3O5. The lowest BCUT2D eigenvalue weighted by Crippen LogP contribution is -2.48. The summed E-state index contributed by atoms with van der Waals surface area (Å²) in [5.41, 5.74) is 5.54. The predicted molar refractivity (Wildman–Crippen MR) is 94.6 cm³/mol. The molecule has 0 aliphatic carbocycles. The van der Waals surface area contributed by atoms with Crippen molar-refractivity contribution >= 4 is 17.5 Å². The molecule has 2 aromatic carbocycles. The van der Waals surface area contributed by atoms with Crippen LogP contribution in [-0.2, 0) is 4.79 Å². The van der Waals surface area contributed by atoms with Crippen molar-refractivity contribution in [2.45, 2.75) is 26.4 Å². The molecule has 8 heteroatoms. The fourth-order valence-corrected chi connectivity index (χ4v) is 2.17. The lowest BCUT2D eigenvalue weighted by molar-refractivity contribution is -0.384. The number of para-hydroxylation sites is 1. The molecule has 0 aromatic heterocycles. The molecule has 0 aliphatic rings. The van der Waals surface area contributed by atoms with Crippen molar-refractivity contribution in [3.05, 3.63) is 69.8 Å². The summed E-state index contributed by atoms with van der Waals surface area (Å²) in [5.74, 6) is -0.485. The van der Waals surface area contributed by atoms with E-state index in [1.807, 2.05) is 25.1 Å². The number of carbonyl (C=O) groups is 2. The Kier molecular flexibility index (Phi) is 6.26. The number of amides is 2. The van der Waals surface area contributed by atoms with Crippen LogP contribution in [0.1, 0.15) is 29.3 Å². The maximum absolute atomic E-state index is 12.2. The van der Waals surface area contributed by atoms with Gasteiger partial charge in [0.1, 0.15) is 5.75 Å². The molecule has 1 atom stereocenters. The van der Waals surface area contributed by atoms with Crippen LogP contribution in [0.3, 0.4) is 0 Å². The number of benzene rings is 2. The first kappa shape index (κ1) is 18.9. The highest BCUT2D eigenvalue weighted by Gasteiger charge is 2.20. The van der Waals surface area contributed by atoms with E-state index in [1.54, 1.807) is 13.0 Å². The van der Waals surface area contributed by atoms with Gasteiger partial charge in [-0.25, -0.2) is 0 Å². The van der Waals surface area contributed by atoms with Crippen LogP contribution in [0.2, 0.25) is 0 Å². The van der Waals surface area contributed by atoms with Gasteiger partial charge >= 0.3 is 0 Å². The number of hydrazine groups is 1. The van der Waals surface area contributed by atoms with Crippen molar-refractivity contribution < 1.29 is 19.2 Å². The highest BCUT2D eigenvalue weighted by atomic mass is 16.6. The highest BCUT2D eigenvalue weighted by Crippen LogP contribution is 2.18. The first-order valence-electron chi connectivity index (χ1n) is 7.99. The van der Waals surface area contributed by atoms with E-state index in [-0.39, 0.29) is 11.3 Å². The zero-order valence-electron chi connectivity index (χ0n) is 14.4. The number of ether oxygens (including phenoxy) is 1. The normalized spacial score (nSPS) is 11.3. The molecule has 0 bridgehead atoms. The number of nitrogens with one attached hydrogen (secondary N) is 2. The van der Waals surface area contributed by atoms with Crippen LogP contribution in [0.4, 0.5) is 5.69 Å². The quantitative estimate of drug-likeness (QED) is 0.610. The van der Waals surface area contributed by atoms with Gasteiger partial charge < -0.3 is 4.74 Å². The van der Waals surface area contributed by atoms with Gasteiger partial charge in [0.25, 0.3) is 17.5 Å². The van der Waals surface area contributed by atoms with Crippen LogP contribution in [0.15, 0.2) is 48.5 Å². The van der Waals surface area contributed by atoms with Gasteiger partial charge in [0.2, 0.25) is 0 Å². The topological polar surface area (TPSA) is 111 Å². The van der Waals surface area contributed by atoms with Crippen molar-refractivity contribution in [3.63, 3.8) is 0 Å². The summed E-state index contributed by atoms with van der Waals surface area (Å²) in [6.45, 7) is 3.66. The molecule has 0 aliphatic heterocycles. The second-order valence-electron chi connectivity index (χ2n) is 5.53. The Morgan fingerprint density at radius 1 is 1.12 bits per heavy atom. The summed E-state index contributed by atoms with van der Waals surface area (Å²) in [7, 11) is 0. The molecule has 8 nitrogen and oxygen atoms in total. The Labute approximate surface area is 150 Å². The fourth-order valence-electron chi connectivity index (χ4n) is 2.17. The lowest BCUT2D eigenvalue weighted by Gasteiger charge is -2.18. The maximum Gasteiger partial charge on any atom is 0.279 e. The number of aryl methyl sites for hydroxylation is 1. The van der Waals surface area contributed by atoms with Gasteiger partial charge in [-0.1, -0.05) is 25.1 Å². The smallest absolute Gasteiger partial charge is 0.279 e.